The van der Waals surface area contributed by atoms with Crippen LogP contribution in [0.4, 0.5) is 4.79 Å². The van der Waals surface area contributed by atoms with Crippen LogP contribution in [-0.4, -0.2) is 41.8 Å². The molecular formula is C20H26N2O2. The number of nitrogens with zero attached hydrogens (tertiary/aromatic N) is 1. The molecule has 2 aromatic rings. The minimum Gasteiger partial charge on any atom is -0.396 e. The average Bonchev–Trinajstić information content (AvgIpc) is 2.61. The molecule has 128 valence electrons. The van der Waals surface area contributed by atoms with Crippen LogP contribution in [0.15, 0.2) is 42.5 Å². The Bertz CT molecular complexity index is 701. The molecule has 2 aromatic carbocycles. The summed E-state index contributed by atoms with van der Waals surface area (Å²) < 4.78 is 0. The highest BCUT2D eigenvalue weighted by Crippen LogP contribution is 2.18. The zero-order valence-corrected chi connectivity index (χ0v) is 14.2. The maximum atomic E-state index is 12.4. The van der Waals surface area contributed by atoms with Crippen molar-refractivity contribution in [3.05, 3.63) is 48.0 Å². The fraction of sp³-hybridized carbons (Fsp3) is 0.450. The highest BCUT2D eigenvalue weighted by Gasteiger charge is 2.23. The minimum atomic E-state index is -0.0126. The first-order valence-corrected chi connectivity index (χ1v) is 8.79. The normalized spacial score (nSPS) is 19.2. The van der Waals surface area contributed by atoms with Crippen LogP contribution in [0.1, 0.15) is 25.3 Å². The van der Waals surface area contributed by atoms with Crippen LogP contribution in [0.5, 0.6) is 0 Å². The second-order valence-corrected chi connectivity index (χ2v) is 6.87. The molecule has 0 bridgehead atoms. The molecule has 1 heterocycles. The third-order valence-electron chi connectivity index (χ3n) is 4.79. The third kappa shape index (κ3) is 4.06. The van der Waals surface area contributed by atoms with Gasteiger partial charge in [0.1, 0.15) is 0 Å². The number of hydrogen-bond donors (Lipinski definition) is 2. The van der Waals surface area contributed by atoms with E-state index in [0.29, 0.717) is 6.54 Å². The summed E-state index contributed by atoms with van der Waals surface area (Å²) in [6.45, 7) is 3.65. The van der Waals surface area contributed by atoms with Crippen molar-refractivity contribution in [2.24, 2.45) is 5.92 Å². The topological polar surface area (TPSA) is 52.6 Å². The first-order chi connectivity index (χ1) is 11.7. The first kappa shape index (κ1) is 16.8. The molecule has 1 fully saturated rings. The van der Waals surface area contributed by atoms with Crippen LogP contribution >= 0.6 is 0 Å². The van der Waals surface area contributed by atoms with Gasteiger partial charge in [0.2, 0.25) is 0 Å². The van der Waals surface area contributed by atoms with Gasteiger partial charge in [-0.05, 0) is 48.4 Å². The maximum Gasteiger partial charge on any atom is 0.317 e. The molecule has 2 unspecified atom stereocenters. The summed E-state index contributed by atoms with van der Waals surface area (Å²) in [5.41, 5.74) is 1.23. The first-order valence-electron chi connectivity index (χ1n) is 8.79. The summed E-state index contributed by atoms with van der Waals surface area (Å²) in [6.07, 6.45) is 2.79. The Balaban J connectivity index is 1.57. The molecule has 3 rings (SSSR count). The quantitative estimate of drug-likeness (QED) is 0.906. The lowest BCUT2D eigenvalue weighted by atomic mass is 9.99. The smallest absolute Gasteiger partial charge is 0.317 e. The zero-order chi connectivity index (χ0) is 16.9. The summed E-state index contributed by atoms with van der Waals surface area (Å²) in [6, 6.07) is 14.8. The van der Waals surface area contributed by atoms with Crippen LogP contribution < -0.4 is 5.32 Å². The predicted molar refractivity (Wildman–Crippen MR) is 97.0 cm³/mol. The lowest BCUT2D eigenvalue weighted by Crippen LogP contribution is -2.48. The second-order valence-electron chi connectivity index (χ2n) is 6.87. The molecule has 0 aliphatic carbocycles. The fourth-order valence-electron chi connectivity index (χ4n) is 3.47. The highest BCUT2D eigenvalue weighted by molar-refractivity contribution is 5.83. The minimum absolute atomic E-state index is 0.0126. The Kier molecular flexibility index (Phi) is 5.36. The predicted octanol–water partition coefficient (Wildman–Crippen LogP) is 3.18. The number of aliphatic hydroxyl groups is 1. The van der Waals surface area contributed by atoms with Gasteiger partial charge in [-0.3, -0.25) is 0 Å². The molecule has 24 heavy (non-hydrogen) atoms. The van der Waals surface area contributed by atoms with E-state index < -0.39 is 0 Å². The van der Waals surface area contributed by atoms with Gasteiger partial charge >= 0.3 is 6.03 Å². The summed E-state index contributed by atoms with van der Waals surface area (Å²) >= 11 is 0. The Morgan fingerprint density at radius 3 is 2.88 bits per heavy atom. The number of likely N-dealkylation sites (tertiary alicyclic amines) is 1. The Morgan fingerprint density at radius 1 is 1.29 bits per heavy atom. The van der Waals surface area contributed by atoms with E-state index in [1.54, 1.807) is 0 Å². The van der Waals surface area contributed by atoms with E-state index in [4.69, 9.17) is 0 Å². The number of hydrogen-bond acceptors (Lipinski definition) is 2. The number of piperidine rings is 1. The van der Waals surface area contributed by atoms with Crippen molar-refractivity contribution in [2.45, 2.75) is 32.2 Å². The number of amides is 2. The maximum absolute atomic E-state index is 12.4. The van der Waals surface area contributed by atoms with Crippen molar-refractivity contribution in [2.75, 3.05) is 19.7 Å². The number of benzene rings is 2. The van der Waals surface area contributed by atoms with Gasteiger partial charge < -0.3 is 15.3 Å². The van der Waals surface area contributed by atoms with Gasteiger partial charge in [0.15, 0.2) is 0 Å². The molecule has 2 amide bonds. The Morgan fingerprint density at radius 2 is 2.08 bits per heavy atom. The van der Waals surface area contributed by atoms with E-state index in [2.05, 4.69) is 35.6 Å². The molecule has 1 aliphatic heterocycles. The lowest BCUT2D eigenvalue weighted by molar-refractivity contribution is 0.128. The van der Waals surface area contributed by atoms with Crippen LogP contribution in [0, 0.1) is 5.92 Å². The standard InChI is InChI=1S/C20H26N2O2/c1-15(21-20(24)22-10-4-5-17(13-22)14-23)11-16-8-9-18-6-2-3-7-19(18)12-16/h2-3,6-9,12,15,17,23H,4-5,10-11,13-14H2,1H3,(H,21,24). The summed E-state index contributed by atoms with van der Waals surface area (Å²) in [5, 5.41) is 14.9. The van der Waals surface area contributed by atoms with Gasteiger partial charge in [-0.2, -0.15) is 0 Å². The van der Waals surface area contributed by atoms with Crippen molar-refractivity contribution in [1.82, 2.24) is 10.2 Å². The molecule has 4 nitrogen and oxygen atoms in total. The fourth-order valence-corrected chi connectivity index (χ4v) is 3.47. The number of nitrogens with one attached hydrogen (secondary N) is 1. The summed E-state index contributed by atoms with van der Waals surface area (Å²) in [5.74, 6) is 0.222. The number of fused-ring (bicyclic) bond motifs is 1. The van der Waals surface area contributed by atoms with Crippen molar-refractivity contribution in [3.8, 4) is 0 Å². The number of aliphatic hydroxyl groups excluding tert-OH is 1. The Hall–Kier alpha value is -2.07. The van der Waals surface area contributed by atoms with Crippen molar-refractivity contribution >= 4 is 16.8 Å². The van der Waals surface area contributed by atoms with Gasteiger partial charge in [-0.15, -0.1) is 0 Å². The Labute approximate surface area is 143 Å². The zero-order valence-electron chi connectivity index (χ0n) is 14.2. The van der Waals surface area contributed by atoms with Crippen molar-refractivity contribution in [3.63, 3.8) is 0 Å². The van der Waals surface area contributed by atoms with Gasteiger partial charge in [0, 0.05) is 25.7 Å². The van der Waals surface area contributed by atoms with Gasteiger partial charge in [-0.1, -0.05) is 42.5 Å². The average molecular weight is 326 g/mol. The molecule has 0 saturated carbocycles. The second kappa shape index (κ2) is 7.67. The molecule has 2 atom stereocenters. The van der Waals surface area contributed by atoms with Crippen LogP contribution in [0.2, 0.25) is 0 Å². The number of urea groups is 1. The number of carbonyl (C=O) groups excluding carboxylic acids is 1. The van der Waals surface area contributed by atoms with E-state index in [9.17, 15) is 9.90 Å². The van der Waals surface area contributed by atoms with Gasteiger partial charge in [0.25, 0.3) is 0 Å². The van der Waals surface area contributed by atoms with Crippen LogP contribution in [0.25, 0.3) is 10.8 Å². The summed E-state index contributed by atoms with van der Waals surface area (Å²) in [7, 11) is 0. The molecule has 0 radical (unpaired) electrons. The largest absolute Gasteiger partial charge is 0.396 e. The lowest BCUT2D eigenvalue weighted by Gasteiger charge is -2.32. The van der Waals surface area contributed by atoms with Gasteiger partial charge in [-0.25, -0.2) is 4.79 Å². The summed E-state index contributed by atoms with van der Waals surface area (Å²) in [4.78, 5) is 14.2. The molecule has 2 N–H and O–H groups in total. The van der Waals surface area contributed by atoms with E-state index in [1.165, 1.54) is 16.3 Å². The van der Waals surface area contributed by atoms with E-state index in [-0.39, 0.29) is 24.6 Å². The van der Waals surface area contributed by atoms with E-state index in [1.807, 2.05) is 24.0 Å². The molecule has 1 saturated heterocycles. The molecule has 0 spiro atoms. The number of rotatable bonds is 4. The molecule has 1 aliphatic rings. The van der Waals surface area contributed by atoms with E-state index in [0.717, 1.165) is 25.8 Å². The molecule has 0 aromatic heterocycles. The van der Waals surface area contributed by atoms with Crippen LogP contribution in [0.3, 0.4) is 0 Å². The van der Waals surface area contributed by atoms with E-state index >= 15 is 0 Å². The molecular weight excluding hydrogens is 300 g/mol. The van der Waals surface area contributed by atoms with Gasteiger partial charge in [0.05, 0.1) is 0 Å². The third-order valence-corrected chi connectivity index (χ3v) is 4.79. The van der Waals surface area contributed by atoms with Crippen LogP contribution in [-0.2, 0) is 6.42 Å². The molecule has 4 heteroatoms. The highest BCUT2D eigenvalue weighted by atomic mass is 16.3. The number of carbonyl (C=O) groups is 1. The SMILES string of the molecule is CC(Cc1ccc2ccccc2c1)NC(=O)N1CCCC(CO)C1. The van der Waals surface area contributed by atoms with Crippen molar-refractivity contribution in [1.29, 1.82) is 0 Å². The monoisotopic (exact) mass is 326 g/mol. The van der Waals surface area contributed by atoms with Crippen molar-refractivity contribution < 1.29 is 9.90 Å².